The van der Waals surface area contributed by atoms with Gasteiger partial charge in [-0.25, -0.2) is 4.98 Å². The Morgan fingerprint density at radius 2 is 2.17 bits per heavy atom. The van der Waals surface area contributed by atoms with E-state index < -0.39 is 0 Å². The molecule has 0 aliphatic carbocycles. The summed E-state index contributed by atoms with van der Waals surface area (Å²) in [4.78, 5) is 18.7. The summed E-state index contributed by atoms with van der Waals surface area (Å²) in [5.74, 6) is 0.0702. The molecule has 0 unspecified atom stereocenters. The minimum Gasteiger partial charge on any atom is -0.370 e. The van der Waals surface area contributed by atoms with Gasteiger partial charge in [0.1, 0.15) is 11.8 Å². The van der Waals surface area contributed by atoms with Crippen molar-refractivity contribution in [1.82, 2.24) is 14.8 Å². The highest BCUT2D eigenvalue weighted by Gasteiger charge is 2.25. The predicted molar refractivity (Wildman–Crippen MR) is 90.4 cm³/mol. The van der Waals surface area contributed by atoms with E-state index in [4.69, 9.17) is 5.26 Å². The van der Waals surface area contributed by atoms with Crippen molar-refractivity contribution >= 4 is 17.3 Å². The summed E-state index contributed by atoms with van der Waals surface area (Å²) in [6.07, 6.45) is 6.84. The van der Waals surface area contributed by atoms with Gasteiger partial charge in [-0.3, -0.25) is 9.48 Å². The highest BCUT2D eigenvalue weighted by atomic mass is 16.1. The third kappa shape index (κ3) is 3.54. The van der Waals surface area contributed by atoms with Crippen LogP contribution in [0, 0.1) is 17.2 Å². The van der Waals surface area contributed by atoms with Crippen LogP contribution in [-0.4, -0.2) is 33.8 Å². The molecular formula is C17H20N6O. The molecule has 0 bridgehead atoms. The highest BCUT2D eigenvalue weighted by Crippen LogP contribution is 2.24. The molecule has 0 saturated carbocycles. The largest absolute Gasteiger partial charge is 0.370 e. The Bertz CT molecular complexity index is 737. The SMILES string of the molecule is CCn1cc(NC(=O)C2CCN(c3ccc(C#N)nc3)CC2)cn1. The first-order chi connectivity index (χ1) is 11.7. The van der Waals surface area contributed by atoms with E-state index in [-0.39, 0.29) is 11.8 Å². The molecule has 0 spiro atoms. The number of nitrogens with zero attached hydrogens (tertiary/aromatic N) is 5. The van der Waals surface area contributed by atoms with Gasteiger partial charge in [0.25, 0.3) is 0 Å². The van der Waals surface area contributed by atoms with Crippen LogP contribution < -0.4 is 10.2 Å². The van der Waals surface area contributed by atoms with Crippen LogP contribution in [0.5, 0.6) is 0 Å². The van der Waals surface area contributed by atoms with Crippen molar-refractivity contribution in [3.05, 3.63) is 36.4 Å². The molecule has 0 radical (unpaired) electrons. The van der Waals surface area contributed by atoms with Crippen molar-refractivity contribution < 1.29 is 4.79 Å². The van der Waals surface area contributed by atoms with Crippen LogP contribution in [0.15, 0.2) is 30.7 Å². The second-order valence-corrected chi connectivity index (χ2v) is 5.85. The number of amides is 1. The maximum Gasteiger partial charge on any atom is 0.227 e. The molecule has 1 amide bonds. The van der Waals surface area contributed by atoms with Gasteiger partial charge >= 0.3 is 0 Å². The van der Waals surface area contributed by atoms with E-state index in [1.165, 1.54) is 0 Å². The van der Waals surface area contributed by atoms with Gasteiger partial charge in [-0.15, -0.1) is 0 Å². The first-order valence-electron chi connectivity index (χ1n) is 8.14. The summed E-state index contributed by atoms with van der Waals surface area (Å²) in [5, 5.41) is 15.9. The van der Waals surface area contributed by atoms with Gasteiger partial charge in [0, 0.05) is 31.7 Å². The molecule has 7 heteroatoms. The normalized spacial score (nSPS) is 15.1. The number of carbonyl (C=O) groups excluding carboxylic acids is 1. The summed E-state index contributed by atoms with van der Waals surface area (Å²) in [6.45, 7) is 4.40. The van der Waals surface area contributed by atoms with Crippen LogP contribution in [0.3, 0.4) is 0 Å². The summed E-state index contributed by atoms with van der Waals surface area (Å²) < 4.78 is 1.79. The van der Waals surface area contributed by atoms with Gasteiger partial charge in [0.05, 0.1) is 23.8 Å². The van der Waals surface area contributed by atoms with E-state index in [1.54, 1.807) is 23.1 Å². The molecule has 3 heterocycles. The number of carbonyl (C=O) groups is 1. The molecule has 0 atom stereocenters. The average molecular weight is 324 g/mol. The minimum atomic E-state index is 0.0116. The van der Waals surface area contributed by atoms with Crippen LogP contribution in [0.25, 0.3) is 0 Å². The summed E-state index contributed by atoms with van der Waals surface area (Å²) >= 11 is 0. The van der Waals surface area contributed by atoms with Crippen molar-refractivity contribution in [2.75, 3.05) is 23.3 Å². The van der Waals surface area contributed by atoms with Gasteiger partial charge in [-0.1, -0.05) is 0 Å². The fraction of sp³-hybridized carbons (Fsp3) is 0.412. The Hall–Kier alpha value is -2.88. The highest BCUT2D eigenvalue weighted by molar-refractivity contribution is 5.92. The number of nitrogens with one attached hydrogen (secondary N) is 1. The van der Waals surface area contributed by atoms with Crippen LogP contribution in [0.2, 0.25) is 0 Å². The molecule has 2 aromatic heterocycles. The van der Waals surface area contributed by atoms with E-state index in [2.05, 4.69) is 20.3 Å². The van der Waals surface area contributed by atoms with Crippen LogP contribution in [0.4, 0.5) is 11.4 Å². The topological polar surface area (TPSA) is 86.8 Å². The lowest BCUT2D eigenvalue weighted by Gasteiger charge is -2.32. The Morgan fingerprint density at radius 1 is 1.38 bits per heavy atom. The van der Waals surface area contributed by atoms with Gasteiger partial charge in [-0.2, -0.15) is 10.4 Å². The smallest absolute Gasteiger partial charge is 0.227 e. The number of aryl methyl sites for hydroxylation is 1. The number of piperidine rings is 1. The first-order valence-corrected chi connectivity index (χ1v) is 8.14. The Labute approximate surface area is 140 Å². The third-order valence-corrected chi connectivity index (χ3v) is 4.32. The molecule has 7 nitrogen and oxygen atoms in total. The van der Waals surface area contributed by atoms with Gasteiger partial charge in [-0.05, 0) is 31.9 Å². The average Bonchev–Trinajstić information content (AvgIpc) is 3.09. The van der Waals surface area contributed by atoms with E-state index in [1.807, 2.05) is 25.3 Å². The molecule has 1 saturated heterocycles. The number of nitriles is 1. The minimum absolute atomic E-state index is 0.0116. The Kier molecular flexibility index (Phi) is 4.75. The number of pyridine rings is 1. The second-order valence-electron chi connectivity index (χ2n) is 5.85. The van der Waals surface area contributed by atoms with Crippen molar-refractivity contribution in [3.8, 4) is 6.07 Å². The maximum atomic E-state index is 12.4. The second kappa shape index (κ2) is 7.13. The first kappa shape index (κ1) is 16.0. The van der Waals surface area contributed by atoms with Crippen molar-refractivity contribution in [2.45, 2.75) is 26.3 Å². The van der Waals surface area contributed by atoms with E-state index in [9.17, 15) is 4.79 Å². The zero-order chi connectivity index (χ0) is 16.9. The molecule has 124 valence electrons. The monoisotopic (exact) mass is 324 g/mol. The zero-order valence-corrected chi connectivity index (χ0v) is 13.6. The zero-order valence-electron chi connectivity index (χ0n) is 13.6. The fourth-order valence-electron chi connectivity index (χ4n) is 2.88. The van der Waals surface area contributed by atoms with Crippen molar-refractivity contribution in [1.29, 1.82) is 5.26 Å². The Morgan fingerprint density at radius 3 is 2.75 bits per heavy atom. The molecule has 2 aromatic rings. The van der Waals surface area contributed by atoms with Crippen LogP contribution in [0.1, 0.15) is 25.5 Å². The van der Waals surface area contributed by atoms with Gasteiger partial charge < -0.3 is 10.2 Å². The summed E-state index contributed by atoms with van der Waals surface area (Å²) in [5.41, 5.74) is 2.17. The number of aromatic nitrogens is 3. The molecule has 0 aromatic carbocycles. The number of anilines is 2. The van der Waals surface area contributed by atoms with Crippen LogP contribution in [-0.2, 0) is 11.3 Å². The lowest BCUT2D eigenvalue weighted by molar-refractivity contribution is -0.120. The van der Waals surface area contributed by atoms with E-state index in [0.717, 1.165) is 43.9 Å². The van der Waals surface area contributed by atoms with E-state index >= 15 is 0 Å². The Balaban J connectivity index is 1.54. The number of hydrogen-bond acceptors (Lipinski definition) is 5. The van der Waals surface area contributed by atoms with Crippen molar-refractivity contribution in [2.24, 2.45) is 5.92 Å². The number of hydrogen-bond donors (Lipinski definition) is 1. The molecule has 1 aliphatic heterocycles. The molecule has 1 fully saturated rings. The standard InChI is InChI=1S/C17H20N6O/c1-2-23-12-15(10-20-23)21-17(24)13-5-7-22(8-6-13)16-4-3-14(9-18)19-11-16/h3-4,10-13H,2,5-8H2,1H3,(H,21,24). The molecule has 1 N–H and O–H groups in total. The lowest BCUT2D eigenvalue weighted by Crippen LogP contribution is -2.38. The maximum absolute atomic E-state index is 12.4. The van der Waals surface area contributed by atoms with Crippen LogP contribution >= 0.6 is 0 Å². The quantitative estimate of drug-likeness (QED) is 0.930. The summed E-state index contributed by atoms with van der Waals surface area (Å²) in [7, 11) is 0. The molecule has 1 aliphatic rings. The molecular weight excluding hydrogens is 304 g/mol. The fourth-order valence-corrected chi connectivity index (χ4v) is 2.88. The predicted octanol–water partition coefficient (Wildman–Crippen LogP) is 2.02. The summed E-state index contributed by atoms with van der Waals surface area (Å²) in [6, 6.07) is 5.65. The van der Waals surface area contributed by atoms with Gasteiger partial charge in [0.2, 0.25) is 5.91 Å². The van der Waals surface area contributed by atoms with E-state index in [0.29, 0.717) is 5.69 Å². The lowest BCUT2D eigenvalue weighted by atomic mass is 9.95. The third-order valence-electron chi connectivity index (χ3n) is 4.32. The number of rotatable bonds is 4. The molecule has 24 heavy (non-hydrogen) atoms. The van der Waals surface area contributed by atoms with Gasteiger partial charge in [0.15, 0.2) is 0 Å². The molecule has 3 rings (SSSR count). The van der Waals surface area contributed by atoms with Crippen molar-refractivity contribution in [3.63, 3.8) is 0 Å².